The van der Waals surface area contributed by atoms with E-state index in [9.17, 15) is 35.9 Å². The number of ether oxygens (including phenoxy) is 1. The second kappa shape index (κ2) is 12.9. The van der Waals surface area contributed by atoms with Crippen molar-refractivity contribution in [3.8, 4) is 17.6 Å². The van der Waals surface area contributed by atoms with E-state index in [2.05, 4.69) is 32.8 Å². The van der Waals surface area contributed by atoms with Gasteiger partial charge in [0.15, 0.2) is 5.65 Å². The van der Waals surface area contributed by atoms with Crippen LogP contribution < -0.4 is 20.7 Å². The van der Waals surface area contributed by atoms with Crippen LogP contribution in [-0.4, -0.2) is 84.4 Å². The molecule has 1 saturated heterocycles. The van der Waals surface area contributed by atoms with Crippen molar-refractivity contribution in [1.82, 2.24) is 24.9 Å². The number of amides is 2. The zero-order valence-corrected chi connectivity index (χ0v) is 24.7. The first-order valence-electron chi connectivity index (χ1n) is 13.1. The quantitative estimate of drug-likeness (QED) is 0.202. The lowest BCUT2D eigenvalue weighted by molar-refractivity contribution is -0.101. The van der Waals surface area contributed by atoms with Crippen molar-refractivity contribution in [3.63, 3.8) is 0 Å². The molecule has 3 heterocycles. The van der Waals surface area contributed by atoms with Crippen LogP contribution in [-0.2, 0) is 0 Å². The Bertz CT molecular complexity index is 1630. The molecule has 4 rings (SSSR count). The van der Waals surface area contributed by atoms with E-state index in [1.165, 1.54) is 37.4 Å². The van der Waals surface area contributed by atoms with E-state index in [0.717, 1.165) is 16.7 Å². The van der Waals surface area contributed by atoms with Crippen LogP contribution >= 0.6 is 11.8 Å². The highest BCUT2D eigenvalue weighted by molar-refractivity contribution is 8.00. The predicted octanol–water partition coefficient (Wildman–Crippen LogP) is 4.23. The molecule has 16 heteroatoms. The van der Waals surface area contributed by atoms with Crippen molar-refractivity contribution < 1.29 is 40.7 Å². The van der Waals surface area contributed by atoms with Gasteiger partial charge in [-0.3, -0.25) is 14.0 Å². The number of thioether (sulfide) groups is 1. The zero-order valence-electron chi connectivity index (χ0n) is 23.9. The maximum Gasteiger partial charge on any atom is 0.447 e. The number of hydrogen-bond donors (Lipinski definition) is 3. The third-order valence-corrected chi connectivity index (χ3v) is 7.53. The van der Waals surface area contributed by atoms with Gasteiger partial charge in [-0.25, -0.2) is 18.2 Å². The summed E-state index contributed by atoms with van der Waals surface area (Å²) in [7, 11) is 4.21. The van der Waals surface area contributed by atoms with Gasteiger partial charge in [0.2, 0.25) is 0 Å². The fourth-order valence-corrected chi connectivity index (χ4v) is 5.53. The molecule has 44 heavy (non-hydrogen) atoms. The molecule has 1 fully saturated rings. The number of rotatable bonds is 7. The number of alkyl halides is 5. The third-order valence-electron chi connectivity index (χ3n) is 6.79. The number of carbonyl (C=O) groups excluding carboxylic acids is 2. The molecule has 0 spiro atoms. The zero-order chi connectivity index (χ0) is 32.4. The van der Waals surface area contributed by atoms with Crippen LogP contribution in [0, 0.1) is 23.6 Å². The summed E-state index contributed by atoms with van der Waals surface area (Å²) in [4.78, 5) is 30.6. The SMILES string of the molecule is CNC(=O)c1cc(OC)c(NCC#Cc2cc(C(=O)NC3C(C)CN(C)CC3(F)F)c3ncc(SC(F)(F)F)n3c2)cc1F. The van der Waals surface area contributed by atoms with Crippen LogP contribution in [0.1, 0.15) is 33.2 Å². The van der Waals surface area contributed by atoms with E-state index < -0.39 is 59.3 Å². The van der Waals surface area contributed by atoms with Crippen LogP contribution in [0.3, 0.4) is 0 Å². The number of halogens is 6. The predicted molar refractivity (Wildman–Crippen MR) is 152 cm³/mol. The molecule has 1 aliphatic rings. The summed E-state index contributed by atoms with van der Waals surface area (Å²) in [6.45, 7) is 1.18. The van der Waals surface area contributed by atoms with Gasteiger partial charge < -0.3 is 25.6 Å². The number of aromatic nitrogens is 2. The highest BCUT2D eigenvalue weighted by Gasteiger charge is 2.48. The lowest BCUT2D eigenvalue weighted by Gasteiger charge is -2.41. The number of pyridine rings is 1. The van der Waals surface area contributed by atoms with Crippen molar-refractivity contribution in [2.75, 3.05) is 46.2 Å². The molecule has 3 N–H and O–H groups in total. The summed E-state index contributed by atoms with van der Waals surface area (Å²) in [5, 5.41) is 7.15. The van der Waals surface area contributed by atoms with Gasteiger partial charge in [0.25, 0.3) is 17.7 Å². The minimum absolute atomic E-state index is 0.0859. The highest BCUT2D eigenvalue weighted by Crippen LogP contribution is 2.37. The summed E-state index contributed by atoms with van der Waals surface area (Å²) in [6.07, 6.45) is 2.17. The first-order chi connectivity index (χ1) is 20.6. The van der Waals surface area contributed by atoms with Crippen molar-refractivity contribution in [1.29, 1.82) is 0 Å². The number of hydrogen-bond acceptors (Lipinski definition) is 7. The van der Waals surface area contributed by atoms with Gasteiger partial charge in [-0.15, -0.1) is 0 Å². The monoisotopic (exact) mass is 642 g/mol. The van der Waals surface area contributed by atoms with E-state index in [4.69, 9.17) is 4.74 Å². The van der Waals surface area contributed by atoms with E-state index >= 15 is 0 Å². The molecular formula is C28H28F6N6O3S. The number of likely N-dealkylation sites (tertiary alicyclic amines) is 1. The number of methoxy groups -OCH3 is 1. The Morgan fingerprint density at radius 2 is 1.93 bits per heavy atom. The van der Waals surface area contributed by atoms with Gasteiger partial charge in [-0.05, 0) is 25.1 Å². The molecule has 2 atom stereocenters. The summed E-state index contributed by atoms with van der Waals surface area (Å²) in [5.41, 5.74) is -5.05. The van der Waals surface area contributed by atoms with E-state index in [1.807, 2.05) is 0 Å². The number of nitrogens with zero attached hydrogens (tertiary/aromatic N) is 3. The van der Waals surface area contributed by atoms with E-state index in [0.29, 0.717) is 6.54 Å². The summed E-state index contributed by atoms with van der Waals surface area (Å²) >= 11 is -0.457. The fraction of sp³-hybridized carbons (Fsp3) is 0.393. The molecule has 0 bridgehead atoms. The van der Waals surface area contributed by atoms with Crippen LogP contribution in [0.5, 0.6) is 5.75 Å². The Morgan fingerprint density at radius 3 is 2.57 bits per heavy atom. The van der Waals surface area contributed by atoms with E-state index in [1.54, 1.807) is 14.0 Å². The number of piperidine rings is 1. The maximum atomic E-state index is 14.8. The molecule has 3 aromatic rings. The van der Waals surface area contributed by atoms with Gasteiger partial charge in [0.1, 0.15) is 16.6 Å². The minimum atomic E-state index is -4.67. The Morgan fingerprint density at radius 1 is 1.20 bits per heavy atom. The standard InChI is InChI=1S/C28H28F6N6O3S/c1-15-12-39(3)14-27(30,31)23(15)38-26(42)18-8-16(13-40-22(11-37-24(18)40)44-28(32,33)34)6-5-7-36-20-10-19(29)17(25(41)35-2)9-21(20)43-4/h8-11,13,15,23,36H,7,12,14H2,1-4H3,(H,35,41)(H,38,42). The fourth-order valence-electron chi connectivity index (χ4n) is 4.95. The van der Waals surface area contributed by atoms with Crippen molar-refractivity contribution in [3.05, 3.63) is 53.1 Å². The van der Waals surface area contributed by atoms with Gasteiger partial charge >= 0.3 is 5.51 Å². The second-order valence-electron chi connectivity index (χ2n) is 10.1. The van der Waals surface area contributed by atoms with Crippen molar-refractivity contribution >= 4 is 34.9 Å². The molecule has 236 valence electrons. The lowest BCUT2D eigenvalue weighted by Crippen LogP contribution is -2.61. The molecule has 1 aromatic carbocycles. The van der Waals surface area contributed by atoms with Crippen LogP contribution in [0.4, 0.5) is 32.0 Å². The maximum absolute atomic E-state index is 14.8. The topological polar surface area (TPSA) is 100 Å². The number of fused-ring (bicyclic) bond motifs is 1. The molecule has 0 radical (unpaired) electrons. The summed E-state index contributed by atoms with van der Waals surface area (Å²) < 4.78 is 90.1. The third kappa shape index (κ3) is 7.33. The Kier molecular flexibility index (Phi) is 9.59. The lowest BCUT2D eigenvalue weighted by atomic mass is 9.90. The summed E-state index contributed by atoms with van der Waals surface area (Å²) in [6, 6.07) is 1.99. The summed E-state index contributed by atoms with van der Waals surface area (Å²) in [5.74, 6) is -0.691. The van der Waals surface area contributed by atoms with E-state index in [-0.39, 0.29) is 45.3 Å². The average Bonchev–Trinajstić information content (AvgIpc) is 3.32. The molecule has 0 saturated carbocycles. The largest absolute Gasteiger partial charge is 0.495 e. The molecule has 2 aromatic heterocycles. The Hall–Kier alpha value is -4.10. The molecule has 1 aliphatic heterocycles. The van der Waals surface area contributed by atoms with Crippen molar-refractivity contribution in [2.24, 2.45) is 5.92 Å². The first kappa shape index (κ1) is 32.8. The van der Waals surface area contributed by atoms with Gasteiger partial charge in [0.05, 0.1) is 49.3 Å². The number of anilines is 1. The molecular weight excluding hydrogens is 614 g/mol. The average molecular weight is 643 g/mol. The van der Waals surface area contributed by atoms with Gasteiger partial charge in [0, 0.05) is 43.2 Å². The van der Waals surface area contributed by atoms with Crippen LogP contribution in [0.15, 0.2) is 35.6 Å². The smallest absolute Gasteiger partial charge is 0.447 e. The number of imidazole rings is 1. The van der Waals surface area contributed by atoms with Crippen LogP contribution in [0.2, 0.25) is 0 Å². The second-order valence-corrected chi connectivity index (χ2v) is 11.2. The number of nitrogens with one attached hydrogen (secondary N) is 3. The molecule has 9 nitrogen and oxygen atoms in total. The first-order valence-corrected chi connectivity index (χ1v) is 13.9. The Labute approximate surface area is 252 Å². The molecule has 0 aliphatic carbocycles. The van der Waals surface area contributed by atoms with Gasteiger partial charge in [-0.1, -0.05) is 18.8 Å². The molecule has 2 amide bonds. The number of benzene rings is 1. The normalized spacial score (nSPS) is 18.3. The minimum Gasteiger partial charge on any atom is -0.495 e. The number of carbonyl (C=O) groups is 2. The van der Waals surface area contributed by atoms with Gasteiger partial charge in [-0.2, -0.15) is 13.2 Å². The van der Waals surface area contributed by atoms with Crippen LogP contribution in [0.25, 0.3) is 5.65 Å². The molecule has 2 unspecified atom stereocenters. The van der Waals surface area contributed by atoms with Crippen molar-refractivity contribution in [2.45, 2.75) is 29.4 Å². The Balaban J connectivity index is 1.65. The highest BCUT2D eigenvalue weighted by atomic mass is 32.2.